The van der Waals surface area contributed by atoms with Crippen LogP contribution in [-0.4, -0.2) is 50.6 Å². The lowest BCUT2D eigenvalue weighted by molar-refractivity contribution is -0.158. The third-order valence-corrected chi connectivity index (χ3v) is 8.22. The highest BCUT2D eigenvalue weighted by atomic mass is 16.7. The summed E-state index contributed by atoms with van der Waals surface area (Å²) in [5, 5.41) is 11.7. The third kappa shape index (κ3) is 3.18. The first-order valence-corrected chi connectivity index (χ1v) is 12.3. The fraction of sp³-hybridized carbons (Fsp3) is 0.556. The normalized spacial score (nSPS) is 30.9. The van der Waals surface area contributed by atoms with E-state index in [1.807, 2.05) is 27.7 Å². The van der Waals surface area contributed by atoms with Crippen molar-refractivity contribution in [3.05, 3.63) is 40.4 Å². The summed E-state index contributed by atoms with van der Waals surface area (Å²) < 4.78 is 34.7. The van der Waals surface area contributed by atoms with Gasteiger partial charge in [-0.25, -0.2) is 0 Å². The van der Waals surface area contributed by atoms with Crippen molar-refractivity contribution in [1.82, 2.24) is 0 Å². The maximum absolute atomic E-state index is 14.2. The number of carbonyl (C=O) groups is 2. The highest BCUT2D eigenvalue weighted by Crippen LogP contribution is 2.61. The Morgan fingerprint density at radius 2 is 1.92 bits per heavy atom. The largest absolute Gasteiger partial charge is 0.493 e. The van der Waals surface area contributed by atoms with E-state index in [1.165, 1.54) is 14.2 Å². The number of ether oxygens (including phenoxy) is 6. The van der Waals surface area contributed by atoms with E-state index >= 15 is 0 Å². The summed E-state index contributed by atoms with van der Waals surface area (Å²) in [7, 11) is 2.85. The van der Waals surface area contributed by atoms with Crippen LogP contribution < -0.4 is 14.2 Å². The predicted octanol–water partition coefficient (Wildman–Crippen LogP) is 3.34. The monoisotopic (exact) mass is 500 g/mol. The Morgan fingerprint density at radius 1 is 1.17 bits per heavy atom. The molecule has 4 aliphatic rings. The second kappa shape index (κ2) is 8.73. The van der Waals surface area contributed by atoms with Gasteiger partial charge in [0.25, 0.3) is 0 Å². The van der Waals surface area contributed by atoms with Crippen LogP contribution in [0.3, 0.4) is 0 Å². The highest BCUT2D eigenvalue weighted by Gasteiger charge is 2.61. The number of Topliss-reactive ketones (excluding diaryl/α,β-unsaturated/α-hetero) is 1. The lowest BCUT2D eigenvalue weighted by Gasteiger charge is -2.43. The zero-order valence-corrected chi connectivity index (χ0v) is 21.4. The Labute approximate surface area is 209 Å². The van der Waals surface area contributed by atoms with Crippen LogP contribution in [0.15, 0.2) is 29.2 Å². The number of rotatable bonds is 5. The molecule has 9 nitrogen and oxygen atoms in total. The molecule has 36 heavy (non-hydrogen) atoms. The molecule has 5 rings (SSSR count). The first-order chi connectivity index (χ1) is 17.2. The van der Waals surface area contributed by atoms with E-state index in [1.54, 1.807) is 12.1 Å². The second-order valence-corrected chi connectivity index (χ2v) is 9.96. The summed E-state index contributed by atoms with van der Waals surface area (Å²) in [5.74, 6) is -0.288. The van der Waals surface area contributed by atoms with Gasteiger partial charge in [0.1, 0.15) is 18.1 Å². The maximum Gasteiger partial charge on any atom is 0.309 e. The molecule has 1 aromatic rings. The van der Waals surface area contributed by atoms with E-state index in [-0.39, 0.29) is 48.6 Å². The molecule has 2 aliphatic carbocycles. The molecule has 0 aromatic heterocycles. The van der Waals surface area contributed by atoms with E-state index in [4.69, 9.17) is 28.4 Å². The Morgan fingerprint density at radius 3 is 2.58 bits per heavy atom. The number of benzene rings is 1. The molecular formula is C27H32O9. The predicted molar refractivity (Wildman–Crippen MR) is 126 cm³/mol. The minimum absolute atomic E-state index is 0.00117. The number of ketones is 1. The number of allylic oxidation sites excluding steroid dienone is 2. The van der Waals surface area contributed by atoms with Crippen LogP contribution in [0, 0.1) is 17.8 Å². The number of carbonyl (C=O) groups excluding carboxylic acids is 2. The minimum atomic E-state index is -1.41. The van der Waals surface area contributed by atoms with E-state index in [2.05, 4.69) is 0 Å². The van der Waals surface area contributed by atoms with Gasteiger partial charge in [-0.1, -0.05) is 27.7 Å². The van der Waals surface area contributed by atoms with Gasteiger partial charge in [-0.2, -0.15) is 0 Å². The van der Waals surface area contributed by atoms with Crippen LogP contribution in [0.4, 0.5) is 0 Å². The molecule has 6 atom stereocenters. The van der Waals surface area contributed by atoms with E-state index in [0.29, 0.717) is 40.4 Å². The zero-order valence-electron chi connectivity index (χ0n) is 21.4. The molecule has 0 saturated carbocycles. The first kappa shape index (κ1) is 24.5. The number of aliphatic hydroxyl groups excluding tert-OH is 1. The molecule has 1 spiro atoms. The number of hydrogen-bond donors (Lipinski definition) is 1. The molecule has 9 heteroatoms. The van der Waals surface area contributed by atoms with Crippen molar-refractivity contribution >= 4 is 11.8 Å². The summed E-state index contributed by atoms with van der Waals surface area (Å²) in [5.41, 5.74) is 0.154. The summed E-state index contributed by atoms with van der Waals surface area (Å²) in [6.45, 7) is 7.48. The lowest BCUT2D eigenvalue weighted by atomic mass is 9.61. The Kier molecular flexibility index (Phi) is 5.94. The molecule has 2 aliphatic heterocycles. The van der Waals surface area contributed by atoms with Gasteiger partial charge < -0.3 is 33.5 Å². The van der Waals surface area contributed by atoms with Crippen molar-refractivity contribution in [2.24, 2.45) is 17.8 Å². The minimum Gasteiger partial charge on any atom is -0.493 e. The van der Waals surface area contributed by atoms with Crippen molar-refractivity contribution in [3.8, 4) is 17.2 Å². The quantitative estimate of drug-likeness (QED) is 0.609. The average Bonchev–Trinajstić information content (AvgIpc) is 3.51. The van der Waals surface area contributed by atoms with Crippen LogP contribution in [0.25, 0.3) is 0 Å². The number of aliphatic hydroxyl groups is 1. The van der Waals surface area contributed by atoms with Crippen LogP contribution >= 0.6 is 0 Å². The van der Waals surface area contributed by atoms with Crippen LogP contribution in [0.1, 0.15) is 51.3 Å². The van der Waals surface area contributed by atoms with Gasteiger partial charge in [0.15, 0.2) is 17.3 Å². The second-order valence-electron chi connectivity index (χ2n) is 9.96. The molecule has 0 amide bonds. The highest BCUT2D eigenvalue weighted by molar-refractivity contribution is 6.08. The molecule has 2 heterocycles. The summed E-state index contributed by atoms with van der Waals surface area (Å²) >= 11 is 0. The van der Waals surface area contributed by atoms with Crippen LogP contribution in [0.5, 0.6) is 17.2 Å². The SMILES string of the molecule is CCC(C)C(=O)OC1c2cc3c(c4c2C2(CO4)C(=O)C(OC)=C(OC)C=C2C(O)C(C)C1C)OCO3. The Hall–Kier alpha value is -3.20. The molecular weight excluding hydrogens is 468 g/mol. The van der Waals surface area contributed by atoms with Crippen molar-refractivity contribution in [2.75, 3.05) is 27.6 Å². The molecule has 1 N–H and O–H groups in total. The van der Waals surface area contributed by atoms with E-state index in [0.717, 1.165) is 0 Å². The molecule has 0 bridgehead atoms. The standard InChI is InChI=1S/C27H32O9/c1-7-12(2)26(30)36-21-14(4)13(3)20(28)16-9-17(31-5)23(32-6)25(29)27(16)10-33-24-19(27)15(21)8-18-22(24)35-11-34-18/h8-9,12-14,20-21,28H,7,10-11H2,1-6H3. The van der Waals surface area contributed by atoms with Crippen molar-refractivity contribution in [3.63, 3.8) is 0 Å². The topological polar surface area (TPSA) is 110 Å². The van der Waals surface area contributed by atoms with Gasteiger partial charge in [-0.3, -0.25) is 9.59 Å². The molecule has 0 saturated heterocycles. The first-order valence-electron chi connectivity index (χ1n) is 12.3. The number of fused-ring (bicyclic) bond motifs is 2. The zero-order chi connectivity index (χ0) is 25.9. The molecule has 0 fully saturated rings. The Bertz CT molecular complexity index is 1180. The third-order valence-electron chi connectivity index (χ3n) is 8.22. The molecule has 194 valence electrons. The summed E-state index contributed by atoms with van der Waals surface area (Å²) in [6, 6.07) is 1.78. The lowest BCUT2D eigenvalue weighted by Crippen LogP contribution is -2.51. The summed E-state index contributed by atoms with van der Waals surface area (Å²) in [6.07, 6.45) is 0.487. The van der Waals surface area contributed by atoms with Gasteiger partial charge in [0.2, 0.25) is 24.1 Å². The maximum atomic E-state index is 14.2. The number of hydrogen-bond acceptors (Lipinski definition) is 9. The smallest absolute Gasteiger partial charge is 0.309 e. The molecule has 0 radical (unpaired) electrons. The molecule has 1 aromatic carbocycles. The fourth-order valence-electron chi connectivity index (χ4n) is 5.65. The van der Waals surface area contributed by atoms with Gasteiger partial charge in [0, 0.05) is 17.0 Å². The van der Waals surface area contributed by atoms with Crippen molar-refractivity contribution < 1.29 is 43.1 Å². The number of esters is 1. The average molecular weight is 501 g/mol. The summed E-state index contributed by atoms with van der Waals surface area (Å²) in [4.78, 5) is 27.2. The van der Waals surface area contributed by atoms with Gasteiger partial charge in [0.05, 0.1) is 26.2 Å². The fourth-order valence-corrected chi connectivity index (χ4v) is 5.65. The Balaban J connectivity index is 1.82. The molecule has 6 unspecified atom stereocenters. The van der Waals surface area contributed by atoms with Gasteiger partial charge in [-0.05, 0) is 30.1 Å². The van der Waals surface area contributed by atoms with Crippen molar-refractivity contribution in [2.45, 2.75) is 51.7 Å². The van der Waals surface area contributed by atoms with Gasteiger partial charge >= 0.3 is 5.97 Å². The van der Waals surface area contributed by atoms with E-state index in [9.17, 15) is 14.7 Å². The van der Waals surface area contributed by atoms with Gasteiger partial charge in [-0.15, -0.1) is 0 Å². The van der Waals surface area contributed by atoms with E-state index < -0.39 is 23.4 Å². The van der Waals surface area contributed by atoms with Crippen LogP contribution in [-0.2, 0) is 29.2 Å². The van der Waals surface area contributed by atoms with Crippen molar-refractivity contribution in [1.29, 1.82) is 0 Å². The van der Waals surface area contributed by atoms with Crippen LogP contribution in [0.2, 0.25) is 0 Å². The number of methoxy groups -OCH3 is 2.